The van der Waals surface area contributed by atoms with Gasteiger partial charge in [-0.25, -0.2) is 9.78 Å². The predicted molar refractivity (Wildman–Crippen MR) is 89.2 cm³/mol. The molecule has 0 atom stereocenters. The fraction of sp³-hybridized carbons (Fsp3) is 0.375. The summed E-state index contributed by atoms with van der Waals surface area (Å²) in [6.07, 6.45) is 0.527. The Morgan fingerprint density at radius 1 is 1.41 bits per heavy atom. The van der Waals surface area contributed by atoms with E-state index in [2.05, 4.69) is 11.1 Å². The molecule has 1 aliphatic rings. The van der Waals surface area contributed by atoms with Gasteiger partial charge in [-0.05, 0) is 44.9 Å². The number of rotatable bonds is 1. The molecular weight excluding hydrogens is 298 g/mol. The van der Waals surface area contributed by atoms with Gasteiger partial charge in [-0.3, -0.25) is 4.90 Å². The van der Waals surface area contributed by atoms with Crippen LogP contribution in [0.5, 0.6) is 0 Å². The van der Waals surface area contributed by atoms with Crippen molar-refractivity contribution in [2.45, 2.75) is 32.8 Å². The summed E-state index contributed by atoms with van der Waals surface area (Å²) in [5.41, 5.74) is 9.15. The highest BCUT2D eigenvalue weighted by Gasteiger charge is 2.29. The van der Waals surface area contributed by atoms with Crippen molar-refractivity contribution in [2.24, 2.45) is 0 Å². The molecule has 0 aliphatic carbocycles. The van der Waals surface area contributed by atoms with E-state index in [0.717, 1.165) is 28.9 Å². The van der Waals surface area contributed by atoms with Gasteiger partial charge in [0.15, 0.2) is 5.13 Å². The number of fused-ring (bicyclic) bond motifs is 1. The van der Waals surface area contributed by atoms with Crippen molar-refractivity contribution >= 4 is 28.2 Å². The number of nitrogens with zero attached hydrogens (tertiary/aromatic N) is 2. The molecule has 0 unspecified atom stereocenters. The zero-order chi connectivity index (χ0) is 15.9. The Hall–Kier alpha value is -2.08. The molecule has 2 N–H and O–H groups in total. The molecule has 1 amide bonds. The molecule has 0 fully saturated rings. The van der Waals surface area contributed by atoms with Crippen molar-refractivity contribution < 1.29 is 9.53 Å². The van der Waals surface area contributed by atoms with Crippen LogP contribution in [0, 0.1) is 0 Å². The van der Waals surface area contributed by atoms with E-state index in [1.54, 1.807) is 4.90 Å². The van der Waals surface area contributed by atoms with Crippen LogP contribution >= 0.6 is 11.3 Å². The Morgan fingerprint density at radius 2 is 2.18 bits per heavy atom. The number of anilines is 2. The Kier molecular flexibility index (Phi) is 3.56. The van der Waals surface area contributed by atoms with Crippen molar-refractivity contribution in [2.75, 3.05) is 17.2 Å². The number of hydrogen-bond donors (Lipinski definition) is 1. The van der Waals surface area contributed by atoms with Crippen LogP contribution in [0.4, 0.5) is 15.6 Å². The molecule has 0 spiro atoms. The molecule has 0 saturated carbocycles. The molecule has 116 valence electrons. The lowest BCUT2D eigenvalue weighted by Crippen LogP contribution is -2.35. The van der Waals surface area contributed by atoms with Crippen LogP contribution in [0.2, 0.25) is 0 Å². The number of aromatic nitrogens is 1. The van der Waals surface area contributed by atoms with Crippen LogP contribution in [0.3, 0.4) is 0 Å². The third-order valence-electron chi connectivity index (χ3n) is 3.41. The van der Waals surface area contributed by atoms with E-state index in [9.17, 15) is 4.79 Å². The van der Waals surface area contributed by atoms with Gasteiger partial charge in [-0.15, -0.1) is 11.3 Å². The molecule has 1 aromatic heterocycles. The number of carbonyl (C=O) groups excluding carboxylic acids is 1. The second kappa shape index (κ2) is 5.28. The quantitative estimate of drug-likeness (QED) is 0.871. The second-order valence-electron chi connectivity index (χ2n) is 6.30. The maximum absolute atomic E-state index is 12.3. The first-order valence-electron chi connectivity index (χ1n) is 7.18. The lowest BCUT2D eigenvalue weighted by atomic mass is 10.1. The average Bonchev–Trinajstić information content (AvgIpc) is 3.01. The zero-order valence-corrected chi connectivity index (χ0v) is 13.7. The van der Waals surface area contributed by atoms with E-state index in [-0.39, 0.29) is 6.09 Å². The van der Waals surface area contributed by atoms with Gasteiger partial charge in [0.25, 0.3) is 0 Å². The third-order valence-corrected chi connectivity index (χ3v) is 4.08. The summed E-state index contributed by atoms with van der Waals surface area (Å²) >= 11 is 1.43. The van der Waals surface area contributed by atoms with Crippen LogP contribution in [-0.2, 0) is 11.2 Å². The summed E-state index contributed by atoms with van der Waals surface area (Å²) in [6, 6.07) is 6.00. The zero-order valence-electron chi connectivity index (χ0n) is 12.9. The standard InChI is InChI=1S/C16H19N3O2S/c1-16(2,3)21-15(20)19-7-6-11-8-10(4-5-13(11)19)12-9-22-14(17)18-12/h4-5,8-9H,6-7H2,1-3H3,(H2,17,18). The number of carbonyl (C=O) groups is 1. The highest BCUT2D eigenvalue weighted by molar-refractivity contribution is 7.13. The topological polar surface area (TPSA) is 68.5 Å². The first-order valence-corrected chi connectivity index (χ1v) is 8.06. The lowest BCUT2D eigenvalue weighted by Gasteiger charge is -2.24. The smallest absolute Gasteiger partial charge is 0.414 e. The number of benzene rings is 1. The van der Waals surface area contributed by atoms with Crippen molar-refractivity contribution in [3.05, 3.63) is 29.1 Å². The van der Waals surface area contributed by atoms with Gasteiger partial charge >= 0.3 is 6.09 Å². The van der Waals surface area contributed by atoms with Crippen LogP contribution < -0.4 is 10.6 Å². The molecule has 2 heterocycles. The largest absolute Gasteiger partial charge is 0.443 e. The number of thiazole rings is 1. The van der Waals surface area contributed by atoms with Crippen LogP contribution in [0.25, 0.3) is 11.3 Å². The summed E-state index contributed by atoms with van der Waals surface area (Å²) in [6.45, 7) is 6.26. The molecule has 2 aromatic rings. The van der Waals surface area contributed by atoms with Crippen LogP contribution in [-0.4, -0.2) is 23.2 Å². The first kappa shape index (κ1) is 14.8. The van der Waals surface area contributed by atoms with E-state index >= 15 is 0 Å². The Bertz CT molecular complexity index is 718. The molecule has 6 heteroatoms. The normalized spacial score (nSPS) is 14.0. The molecule has 0 saturated heterocycles. The molecule has 3 rings (SSSR count). The maximum Gasteiger partial charge on any atom is 0.414 e. The van der Waals surface area contributed by atoms with Crippen molar-refractivity contribution in [3.63, 3.8) is 0 Å². The molecule has 0 radical (unpaired) electrons. The average molecular weight is 317 g/mol. The molecule has 5 nitrogen and oxygen atoms in total. The third kappa shape index (κ3) is 2.92. The minimum absolute atomic E-state index is 0.295. The minimum atomic E-state index is -0.488. The second-order valence-corrected chi connectivity index (χ2v) is 7.19. The van der Waals surface area contributed by atoms with Crippen molar-refractivity contribution in [1.29, 1.82) is 0 Å². The highest BCUT2D eigenvalue weighted by atomic mass is 32.1. The van der Waals surface area contributed by atoms with Gasteiger partial charge < -0.3 is 10.5 Å². The summed E-state index contributed by atoms with van der Waals surface area (Å²) in [5, 5.41) is 2.50. The SMILES string of the molecule is CC(C)(C)OC(=O)N1CCc2cc(-c3csc(N)n3)ccc21. The molecular formula is C16H19N3O2S. The fourth-order valence-electron chi connectivity index (χ4n) is 2.49. The van der Waals surface area contributed by atoms with Crippen LogP contribution in [0.15, 0.2) is 23.6 Å². The molecule has 1 aromatic carbocycles. The lowest BCUT2D eigenvalue weighted by molar-refractivity contribution is 0.0584. The number of nitrogens with two attached hydrogens (primary N) is 1. The van der Waals surface area contributed by atoms with Gasteiger partial charge in [0.05, 0.1) is 11.4 Å². The van der Waals surface area contributed by atoms with Crippen LogP contribution in [0.1, 0.15) is 26.3 Å². The predicted octanol–water partition coefficient (Wildman–Crippen LogP) is 3.69. The van der Waals surface area contributed by atoms with Gasteiger partial charge in [0.2, 0.25) is 0 Å². The Morgan fingerprint density at radius 3 is 2.82 bits per heavy atom. The Labute approximate surface area is 133 Å². The van der Waals surface area contributed by atoms with Gasteiger partial charge in [-0.1, -0.05) is 6.07 Å². The maximum atomic E-state index is 12.3. The summed E-state index contributed by atoms with van der Waals surface area (Å²) in [7, 11) is 0. The summed E-state index contributed by atoms with van der Waals surface area (Å²) in [5.74, 6) is 0. The van der Waals surface area contributed by atoms with Gasteiger partial charge in [0.1, 0.15) is 5.60 Å². The summed E-state index contributed by atoms with van der Waals surface area (Å²) in [4.78, 5) is 18.3. The molecule has 22 heavy (non-hydrogen) atoms. The van der Waals surface area contributed by atoms with Gasteiger partial charge in [0, 0.05) is 17.5 Å². The van der Waals surface area contributed by atoms with Crippen molar-refractivity contribution in [3.8, 4) is 11.3 Å². The monoisotopic (exact) mass is 317 g/mol. The Balaban J connectivity index is 1.85. The number of hydrogen-bond acceptors (Lipinski definition) is 5. The highest BCUT2D eigenvalue weighted by Crippen LogP contribution is 2.33. The fourth-order valence-corrected chi connectivity index (χ4v) is 3.06. The number of amides is 1. The van der Waals surface area contributed by atoms with Gasteiger partial charge in [-0.2, -0.15) is 0 Å². The number of ether oxygens (including phenoxy) is 1. The van der Waals surface area contributed by atoms with E-state index in [0.29, 0.717) is 11.7 Å². The first-order chi connectivity index (χ1) is 10.3. The van der Waals surface area contributed by atoms with E-state index < -0.39 is 5.60 Å². The van der Waals surface area contributed by atoms with E-state index in [4.69, 9.17) is 10.5 Å². The molecule has 0 bridgehead atoms. The number of nitrogen functional groups attached to an aromatic ring is 1. The molecule has 1 aliphatic heterocycles. The van der Waals surface area contributed by atoms with Crippen molar-refractivity contribution in [1.82, 2.24) is 4.98 Å². The minimum Gasteiger partial charge on any atom is -0.443 e. The van der Waals surface area contributed by atoms with E-state index in [1.165, 1.54) is 11.3 Å². The van der Waals surface area contributed by atoms with E-state index in [1.807, 2.05) is 38.3 Å². The summed E-state index contributed by atoms with van der Waals surface area (Å²) < 4.78 is 5.46.